The Hall–Kier alpha value is -1.27. The third-order valence-electron chi connectivity index (χ3n) is 5.98. The molecule has 2 aromatic rings. The summed E-state index contributed by atoms with van der Waals surface area (Å²) in [6.07, 6.45) is -0.924. The van der Waals surface area contributed by atoms with Gasteiger partial charge in [0.25, 0.3) is 0 Å². The molecule has 2 nitrogen and oxygen atoms in total. The summed E-state index contributed by atoms with van der Waals surface area (Å²) >= 11 is 6.04. The van der Waals surface area contributed by atoms with Crippen LogP contribution in [0, 0.1) is 5.92 Å². The molecular weight excluding hydrogens is 434 g/mol. The lowest BCUT2D eigenvalue weighted by Crippen LogP contribution is -2.48. The first-order valence-electron chi connectivity index (χ1n) is 9.90. The number of aliphatic hydroxyl groups is 1. The molecule has 0 aliphatic heterocycles. The SMILES string of the molecule is CN(C)C(c1ccc(Cl)cc1)C1CCCCC1(O)Cc1cccc(C(F)(F)F)c1.Cl. The van der Waals surface area contributed by atoms with E-state index in [-0.39, 0.29) is 30.8 Å². The van der Waals surface area contributed by atoms with E-state index in [4.69, 9.17) is 11.6 Å². The molecule has 0 bridgehead atoms. The summed E-state index contributed by atoms with van der Waals surface area (Å²) in [5, 5.41) is 12.3. The largest absolute Gasteiger partial charge is 0.416 e. The predicted octanol–water partition coefficient (Wildman–Crippen LogP) is 6.55. The molecule has 1 aliphatic carbocycles. The van der Waals surface area contributed by atoms with E-state index in [0.29, 0.717) is 17.0 Å². The van der Waals surface area contributed by atoms with Crippen LogP contribution in [0.3, 0.4) is 0 Å². The van der Waals surface area contributed by atoms with Crippen LogP contribution in [-0.2, 0) is 12.6 Å². The van der Waals surface area contributed by atoms with Gasteiger partial charge in [-0.25, -0.2) is 0 Å². The van der Waals surface area contributed by atoms with Crippen molar-refractivity contribution in [3.8, 4) is 0 Å². The van der Waals surface area contributed by atoms with Crippen LogP contribution in [-0.4, -0.2) is 29.7 Å². The molecule has 3 rings (SSSR count). The van der Waals surface area contributed by atoms with Crippen molar-refractivity contribution in [2.45, 2.75) is 49.9 Å². The maximum Gasteiger partial charge on any atom is 0.416 e. The van der Waals surface area contributed by atoms with Gasteiger partial charge in [0.1, 0.15) is 0 Å². The zero-order chi connectivity index (χ0) is 21.2. The fraction of sp³-hybridized carbons (Fsp3) is 0.478. The molecule has 3 unspecified atom stereocenters. The van der Waals surface area contributed by atoms with Gasteiger partial charge >= 0.3 is 6.18 Å². The third kappa shape index (κ3) is 5.70. The molecule has 0 spiro atoms. The highest BCUT2D eigenvalue weighted by Crippen LogP contribution is 2.45. The first kappa shape index (κ1) is 25.0. The summed E-state index contributed by atoms with van der Waals surface area (Å²) in [6, 6.07) is 12.9. The number of halogens is 5. The van der Waals surface area contributed by atoms with Crippen molar-refractivity contribution in [1.82, 2.24) is 4.90 Å². The van der Waals surface area contributed by atoms with E-state index in [9.17, 15) is 18.3 Å². The van der Waals surface area contributed by atoms with Crippen LogP contribution in [0.15, 0.2) is 48.5 Å². The Bertz CT molecular complexity index is 826. The van der Waals surface area contributed by atoms with Crippen LogP contribution in [0.1, 0.15) is 48.4 Å². The molecule has 1 saturated carbocycles. The van der Waals surface area contributed by atoms with Gasteiger partial charge in [-0.3, -0.25) is 0 Å². The van der Waals surface area contributed by atoms with Crippen molar-refractivity contribution in [2.75, 3.05) is 14.1 Å². The van der Waals surface area contributed by atoms with Crippen molar-refractivity contribution in [3.63, 3.8) is 0 Å². The second kappa shape index (κ2) is 9.90. The minimum Gasteiger partial charge on any atom is -0.389 e. The lowest BCUT2D eigenvalue weighted by atomic mass is 9.67. The van der Waals surface area contributed by atoms with Gasteiger partial charge in [-0.05, 0) is 56.3 Å². The van der Waals surface area contributed by atoms with E-state index in [1.807, 2.05) is 38.4 Å². The highest BCUT2D eigenvalue weighted by molar-refractivity contribution is 6.30. The lowest BCUT2D eigenvalue weighted by molar-refractivity contribution is -0.137. The Kier molecular flexibility index (Phi) is 8.25. The van der Waals surface area contributed by atoms with Crippen LogP contribution in [0.2, 0.25) is 5.02 Å². The molecule has 0 amide bonds. The molecule has 0 saturated heterocycles. The number of rotatable bonds is 5. The molecule has 3 atom stereocenters. The quantitative estimate of drug-likeness (QED) is 0.545. The molecule has 2 aromatic carbocycles. The molecule has 1 aliphatic rings. The molecule has 1 fully saturated rings. The van der Waals surface area contributed by atoms with Gasteiger partial charge in [0.05, 0.1) is 11.2 Å². The van der Waals surface area contributed by atoms with Gasteiger partial charge in [-0.1, -0.05) is 54.8 Å². The average Bonchev–Trinajstić information content (AvgIpc) is 2.64. The van der Waals surface area contributed by atoms with Crippen LogP contribution < -0.4 is 0 Å². The zero-order valence-electron chi connectivity index (χ0n) is 17.1. The Morgan fingerprint density at radius 1 is 1.13 bits per heavy atom. The first-order valence-corrected chi connectivity index (χ1v) is 10.3. The van der Waals surface area contributed by atoms with Crippen LogP contribution >= 0.6 is 24.0 Å². The summed E-state index contributed by atoms with van der Waals surface area (Å²) in [5.41, 5.74) is -0.179. The first-order chi connectivity index (χ1) is 13.6. The number of nitrogens with zero attached hydrogens (tertiary/aromatic N) is 1. The van der Waals surface area contributed by atoms with Gasteiger partial charge in [0.15, 0.2) is 0 Å². The van der Waals surface area contributed by atoms with E-state index in [1.54, 1.807) is 6.07 Å². The Labute approximate surface area is 187 Å². The third-order valence-corrected chi connectivity index (χ3v) is 6.23. The number of alkyl halides is 3. The smallest absolute Gasteiger partial charge is 0.389 e. The van der Waals surface area contributed by atoms with Crippen molar-refractivity contribution < 1.29 is 18.3 Å². The zero-order valence-corrected chi connectivity index (χ0v) is 18.7. The molecular formula is C23H28Cl2F3NO. The maximum atomic E-state index is 13.1. The Balaban J connectivity index is 0.00000320. The van der Waals surface area contributed by atoms with E-state index < -0.39 is 17.3 Å². The van der Waals surface area contributed by atoms with Crippen molar-refractivity contribution >= 4 is 24.0 Å². The van der Waals surface area contributed by atoms with Crippen LogP contribution in [0.25, 0.3) is 0 Å². The normalized spacial score (nSPS) is 23.1. The molecule has 0 heterocycles. The van der Waals surface area contributed by atoms with Gasteiger partial charge in [0, 0.05) is 23.4 Å². The molecule has 0 radical (unpaired) electrons. The summed E-state index contributed by atoms with van der Waals surface area (Å²) in [6.45, 7) is 0. The average molecular weight is 462 g/mol. The van der Waals surface area contributed by atoms with Gasteiger partial charge in [0.2, 0.25) is 0 Å². The second-order valence-corrected chi connectivity index (χ2v) is 8.73. The van der Waals surface area contributed by atoms with Crippen molar-refractivity contribution in [3.05, 3.63) is 70.2 Å². The molecule has 30 heavy (non-hydrogen) atoms. The summed E-state index contributed by atoms with van der Waals surface area (Å²) in [7, 11) is 3.94. The van der Waals surface area contributed by atoms with Gasteiger partial charge in [-0.2, -0.15) is 13.2 Å². The van der Waals surface area contributed by atoms with Crippen molar-refractivity contribution in [1.29, 1.82) is 0 Å². The lowest BCUT2D eigenvalue weighted by Gasteiger charge is -2.46. The number of hydrogen-bond donors (Lipinski definition) is 1. The van der Waals surface area contributed by atoms with Crippen LogP contribution in [0.4, 0.5) is 13.2 Å². The fourth-order valence-corrected chi connectivity index (χ4v) is 4.81. The summed E-state index contributed by atoms with van der Waals surface area (Å²) in [5.74, 6) is -0.0954. The van der Waals surface area contributed by atoms with E-state index in [0.717, 1.165) is 37.0 Å². The molecule has 0 aromatic heterocycles. The van der Waals surface area contributed by atoms with Crippen molar-refractivity contribution in [2.24, 2.45) is 5.92 Å². The summed E-state index contributed by atoms with van der Waals surface area (Å²) < 4.78 is 39.4. The van der Waals surface area contributed by atoms with E-state index >= 15 is 0 Å². The minimum absolute atomic E-state index is 0. The highest BCUT2D eigenvalue weighted by atomic mass is 35.5. The maximum absolute atomic E-state index is 13.1. The Morgan fingerprint density at radius 3 is 2.40 bits per heavy atom. The highest BCUT2D eigenvalue weighted by Gasteiger charge is 2.44. The number of hydrogen-bond acceptors (Lipinski definition) is 2. The van der Waals surface area contributed by atoms with Gasteiger partial charge in [-0.15, -0.1) is 12.4 Å². The standard InChI is InChI=1S/C23H27ClF3NO.ClH/c1-28(2)21(17-9-11-19(24)12-10-17)20-8-3-4-13-22(20,29)15-16-6-5-7-18(14-16)23(25,26)27;/h5-7,9-12,14,20-21,29H,3-4,8,13,15H2,1-2H3;1H. The monoisotopic (exact) mass is 461 g/mol. The fourth-order valence-electron chi connectivity index (χ4n) is 4.68. The summed E-state index contributed by atoms with van der Waals surface area (Å²) in [4.78, 5) is 2.08. The predicted molar refractivity (Wildman–Crippen MR) is 117 cm³/mol. The Morgan fingerprint density at radius 2 is 1.80 bits per heavy atom. The van der Waals surface area contributed by atoms with E-state index in [2.05, 4.69) is 4.90 Å². The molecule has 7 heteroatoms. The molecule has 166 valence electrons. The molecule has 1 N–H and O–H groups in total. The van der Waals surface area contributed by atoms with Crippen LogP contribution in [0.5, 0.6) is 0 Å². The topological polar surface area (TPSA) is 23.5 Å². The minimum atomic E-state index is -4.39. The second-order valence-electron chi connectivity index (χ2n) is 8.29. The van der Waals surface area contributed by atoms with E-state index in [1.165, 1.54) is 6.07 Å². The number of benzene rings is 2. The van der Waals surface area contributed by atoms with Gasteiger partial charge < -0.3 is 10.0 Å².